The fraction of sp³-hybridized carbons (Fsp3) is 0.280. The average molecular weight is 456 g/mol. The third-order valence-corrected chi connectivity index (χ3v) is 6.65. The van der Waals surface area contributed by atoms with Crippen molar-refractivity contribution in [3.05, 3.63) is 92.7 Å². The Hall–Kier alpha value is -2.56. The number of fused-ring (bicyclic) bond motifs is 1. The van der Waals surface area contributed by atoms with Gasteiger partial charge in [-0.1, -0.05) is 71.7 Å². The second kappa shape index (κ2) is 9.29. The van der Waals surface area contributed by atoms with E-state index >= 15 is 0 Å². The molecule has 6 heteroatoms. The van der Waals surface area contributed by atoms with Crippen LogP contribution in [0.25, 0.3) is 0 Å². The highest BCUT2D eigenvalue weighted by Crippen LogP contribution is 2.46. The van der Waals surface area contributed by atoms with Crippen molar-refractivity contribution in [2.45, 2.75) is 32.1 Å². The van der Waals surface area contributed by atoms with Crippen molar-refractivity contribution < 1.29 is 14.3 Å². The van der Waals surface area contributed by atoms with Gasteiger partial charge in [0.15, 0.2) is 0 Å². The highest BCUT2D eigenvalue weighted by atomic mass is 35.5. The van der Waals surface area contributed by atoms with Crippen LogP contribution in [-0.4, -0.2) is 18.4 Å². The number of rotatable bonds is 5. The maximum Gasteiger partial charge on any atom is 0.336 e. The van der Waals surface area contributed by atoms with Gasteiger partial charge >= 0.3 is 5.97 Å². The molecule has 2 aromatic carbocycles. The van der Waals surface area contributed by atoms with Crippen LogP contribution in [0.4, 0.5) is 0 Å². The minimum atomic E-state index is -0.546. The molecule has 1 aliphatic carbocycles. The number of allylic oxidation sites excluding steroid dienone is 3. The van der Waals surface area contributed by atoms with Gasteiger partial charge in [-0.2, -0.15) is 0 Å². The molecular weight excluding hydrogens is 433 g/mol. The van der Waals surface area contributed by atoms with Gasteiger partial charge in [-0.25, -0.2) is 4.79 Å². The van der Waals surface area contributed by atoms with Crippen molar-refractivity contribution >= 4 is 35.0 Å². The highest BCUT2D eigenvalue weighted by Gasteiger charge is 2.44. The number of Topliss-reactive ketones (excluding diaryl/α,β-unsaturated/α-hetero) is 1. The molecule has 2 aliphatic rings. The van der Waals surface area contributed by atoms with Gasteiger partial charge < -0.3 is 10.1 Å². The number of esters is 1. The Kier molecular flexibility index (Phi) is 6.49. The summed E-state index contributed by atoms with van der Waals surface area (Å²) in [6, 6.07) is 15.2. The Morgan fingerprint density at radius 1 is 1.10 bits per heavy atom. The lowest BCUT2D eigenvalue weighted by Gasteiger charge is -2.38. The predicted octanol–water partition coefficient (Wildman–Crippen LogP) is 5.60. The summed E-state index contributed by atoms with van der Waals surface area (Å²) in [6.07, 6.45) is 3.75. The van der Waals surface area contributed by atoms with Gasteiger partial charge in [0, 0.05) is 30.2 Å². The molecule has 31 heavy (non-hydrogen) atoms. The van der Waals surface area contributed by atoms with E-state index in [0.29, 0.717) is 46.1 Å². The van der Waals surface area contributed by atoms with E-state index in [1.807, 2.05) is 49.4 Å². The van der Waals surface area contributed by atoms with Gasteiger partial charge in [-0.3, -0.25) is 4.79 Å². The Bertz CT molecular complexity index is 1080. The van der Waals surface area contributed by atoms with E-state index in [2.05, 4.69) is 5.32 Å². The first kappa shape index (κ1) is 21.7. The molecular formula is C25H23Cl2NO3. The number of ketones is 1. The van der Waals surface area contributed by atoms with Crippen LogP contribution in [0.15, 0.2) is 71.6 Å². The molecule has 1 N–H and O–H groups in total. The Labute approximate surface area is 191 Å². The van der Waals surface area contributed by atoms with Crippen molar-refractivity contribution in [3.8, 4) is 0 Å². The lowest BCUT2D eigenvalue weighted by molar-refractivity contribution is -0.139. The molecule has 0 spiro atoms. The zero-order valence-corrected chi connectivity index (χ0v) is 18.7. The molecule has 0 fully saturated rings. The van der Waals surface area contributed by atoms with Crippen LogP contribution in [0.1, 0.15) is 36.8 Å². The molecule has 4 rings (SSSR count). The van der Waals surface area contributed by atoms with Gasteiger partial charge in [-0.05, 0) is 30.5 Å². The number of hydrogen-bond donors (Lipinski definition) is 1. The van der Waals surface area contributed by atoms with E-state index in [1.165, 1.54) is 0 Å². The SMILES string of the molecule is CC1=C(C(=O)OCCc2ccccc2)C(c2cccc(Cl)c2Cl)C2C(=O)CCC=C2N1. The van der Waals surface area contributed by atoms with Gasteiger partial charge in [-0.15, -0.1) is 0 Å². The predicted molar refractivity (Wildman–Crippen MR) is 122 cm³/mol. The maximum atomic E-state index is 13.2. The van der Waals surface area contributed by atoms with Crippen LogP contribution in [0.2, 0.25) is 10.0 Å². The van der Waals surface area contributed by atoms with Crippen molar-refractivity contribution in [1.29, 1.82) is 0 Å². The largest absolute Gasteiger partial charge is 0.462 e. The van der Waals surface area contributed by atoms with Crippen LogP contribution in [0.5, 0.6) is 0 Å². The van der Waals surface area contributed by atoms with E-state index in [4.69, 9.17) is 27.9 Å². The first-order valence-corrected chi connectivity index (χ1v) is 11.1. The van der Waals surface area contributed by atoms with Gasteiger partial charge in [0.2, 0.25) is 0 Å². The standard InChI is InChI=1S/C25H23Cl2NO3/c1-15-21(25(30)31-14-13-16-7-3-2-4-8-16)22(17-9-5-10-18(26)24(17)27)23-19(28-15)11-6-12-20(23)29/h2-5,7-11,22-23,28H,6,12-14H2,1H3. The quantitative estimate of drug-likeness (QED) is 0.595. The molecule has 2 atom stereocenters. The van der Waals surface area contributed by atoms with Crippen molar-refractivity contribution in [1.82, 2.24) is 5.32 Å². The molecule has 160 valence electrons. The summed E-state index contributed by atoms with van der Waals surface area (Å²) >= 11 is 12.8. The fourth-order valence-corrected chi connectivity index (χ4v) is 4.79. The molecule has 2 aromatic rings. The average Bonchev–Trinajstić information content (AvgIpc) is 2.75. The summed E-state index contributed by atoms with van der Waals surface area (Å²) < 4.78 is 5.65. The first-order chi connectivity index (χ1) is 15.0. The minimum Gasteiger partial charge on any atom is -0.462 e. The van der Waals surface area contributed by atoms with Crippen molar-refractivity contribution in [2.75, 3.05) is 6.61 Å². The first-order valence-electron chi connectivity index (χ1n) is 10.3. The molecule has 1 aliphatic heterocycles. The normalized spacial score (nSPS) is 20.6. The van der Waals surface area contributed by atoms with Crippen LogP contribution >= 0.6 is 23.2 Å². The molecule has 0 radical (unpaired) electrons. The number of nitrogens with one attached hydrogen (secondary N) is 1. The summed E-state index contributed by atoms with van der Waals surface area (Å²) in [5.74, 6) is -1.42. The zero-order chi connectivity index (χ0) is 22.0. The summed E-state index contributed by atoms with van der Waals surface area (Å²) in [4.78, 5) is 26.2. The summed E-state index contributed by atoms with van der Waals surface area (Å²) in [7, 11) is 0. The molecule has 4 nitrogen and oxygen atoms in total. The van der Waals surface area contributed by atoms with Crippen LogP contribution in [0.3, 0.4) is 0 Å². The van der Waals surface area contributed by atoms with E-state index in [9.17, 15) is 9.59 Å². The van der Waals surface area contributed by atoms with Crippen molar-refractivity contribution in [2.24, 2.45) is 5.92 Å². The highest BCUT2D eigenvalue weighted by molar-refractivity contribution is 6.42. The summed E-state index contributed by atoms with van der Waals surface area (Å²) in [5, 5.41) is 4.01. The lowest BCUT2D eigenvalue weighted by Crippen LogP contribution is -2.41. The molecule has 1 heterocycles. The molecule has 0 bridgehead atoms. The van der Waals surface area contributed by atoms with Gasteiger partial charge in [0.05, 0.1) is 28.1 Å². The Morgan fingerprint density at radius 3 is 2.65 bits per heavy atom. The molecule has 0 aromatic heterocycles. The third-order valence-electron chi connectivity index (χ3n) is 5.82. The lowest BCUT2D eigenvalue weighted by atomic mass is 9.71. The molecule has 2 unspecified atom stereocenters. The third kappa shape index (κ3) is 4.41. The number of ether oxygens (including phenoxy) is 1. The van der Waals surface area contributed by atoms with Gasteiger partial charge in [0.25, 0.3) is 0 Å². The van der Waals surface area contributed by atoms with Crippen LogP contribution in [0, 0.1) is 5.92 Å². The topological polar surface area (TPSA) is 55.4 Å². The van der Waals surface area contributed by atoms with E-state index < -0.39 is 17.8 Å². The van der Waals surface area contributed by atoms with E-state index in [0.717, 1.165) is 11.3 Å². The van der Waals surface area contributed by atoms with Gasteiger partial charge in [0.1, 0.15) is 5.78 Å². The second-order valence-corrected chi connectivity index (χ2v) is 8.58. The Morgan fingerprint density at radius 2 is 1.87 bits per heavy atom. The zero-order valence-electron chi connectivity index (χ0n) is 17.2. The molecule has 0 amide bonds. The smallest absolute Gasteiger partial charge is 0.336 e. The van der Waals surface area contributed by atoms with E-state index in [-0.39, 0.29) is 12.4 Å². The second-order valence-electron chi connectivity index (χ2n) is 7.80. The van der Waals surface area contributed by atoms with Crippen LogP contribution in [-0.2, 0) is 20.7 Å². The molecule has 0 saturated carbocycles. The molecule has 0 saturated heterocycles. The number of hydrogen-bond acceptors (Lipinski definition) is 4. The fourth-order valence-electron chi connectivity index (χ4n) is 4.36. The van der Waals surface area contributed by atoms with E-state index in [1.54, 1.807) is 12.1 Å². The number of carbonyl (C=O) groups is 2. The van der Waals surface area contributed by atoms with Crippen LogP contribution < -0.4 is 5.32 Å². The number of benzene rings is 2. The van der Waals surface area contributed by atoms with Crippen molar-refractivity contribution in [3.63, 3.8) is 0 Å². The number of halogens is 2. The number of carbonyl (C=O) groups excluding carboxylic acids is 2. The minimum absolute atomic E-state index is 0.0770. The summed E-state index contributed by atoms with van der Waals surface area (Å²) in [6.45, 7) is 2.08. The Balaban J connectivity index is 1.68. The maximum absolute atomic E-state index is 13.2. The summed E-state index contributed by atoms with van der Waals surface area (Å²) in [5.41, 5.74) is 3.66. The monoisotopic (exact) mass is 455 g/mol.